The number of amides is 4. The molecule has 2 aromatic carbocycles. The Morgan fingerprint density at radius 2 is 1.48 bits per heavy atom. The minimum atomic E-state index is -0.930. The highest BCUT2D eigenvalue weighted by molar-refractivity contribution is 6.23. The first-order chi connectivity index (χ1) is 13.8. The van der Waals surface area contributed by atoms with Crippen molar-refractivity contribution in [2.45, 2.75) is 26.3 Å². The van der Waals surface area contributed by atoms with Crippen molar-refractivity contribution in [3.05, 3.63) is 65.2 Å². The van der Waals surface area contributed by atoms with E-state index in [1.165, 1.54) is 7.05 Å². The van der Waals surface area contributed by atoms with Gasteiger partial charge in [0, 0.05) is 18.3 Å². The fraction of sp³-hybridized carbons (Fsp3) is 0.273. The number of rotatable bonds is 6. The van der Waals surface area contributed by atoms with E-state index in [2.05, 4.69) is 10.6 Å². The zero-order valence-electron chi connectivity index (χ0n) is 16.6. The molecule has 1 aliphatic rings. The second-order valence-electron chi connectivity index (χ2n) is 7.32. The smallest absolute Gasteiger partial charge is 0.262 e. The summed E-state index contributed by atoms with van der Waals surface area (Å²) in [7, 11) is 1.54. The normalized spacial score (nSPS) is 14.0. The molecule has 7 nitrogen and oxygen atoms in total. The van der Waals surface area contributed by atoms with Gasteiger partial charge in [-0.2, -0.15) is 0 Å². The van der Waals surface area contributed by atoms with Gasteiger partial charge in [0.05, 0.1) is 11.1 Å². The van der Waals surface area contributed by atoms with Gasteiger partial charge < -0.3 is 10.6 Å². The molecule has 3 rings (SSSR count). The lowest BCUT2D eigenvalue weighted by Crippen LogP contribution is -2.47. The Morgan fingerprint density at radius 3 is 1.97 bits per heavy atom. The van der Waals surface area contributed by atoms with Gasteiger partial charge in [0.2, 0.25) is 5.91 Å². The van der Waals surface area contributed by atoms with Crippen LogP contribution >= 0.6 is 0 Å². The van der Waals surface area contributed by atoms with Gasteiger partial charge in [0.25, 0.3) is 17.7 Å². The molecule has 0 radical (unpaired) electrons. The number of benzene rings is 2. The van der Waals surface area contributed by atoms with Crippen LogP contribution in [0.4, 0.5) is 5.69 Å². The van der Waals surface area contributed by atoms with Crippen molar-refractivity contribution in [2.24, 2.45) is 5.92 Å². The monoisotopic (exact) mass is 393 g/mol. The Labute approximate surface area is 169 Å². The molecule has 0 unspecified atom stereocenters. The van der Waals surface area contributed by atoms with E-state index in [1.54, 1.807) is 48.5 Å². The summed E-state index contributed by atoms with van der Waals surface area (Å²) in [5, 5.41) is 5.29. The Balaban J connectivity index is 1.84. The molecular formula is C22H23N3O4. The third-order valence-electron chi connectivity index (χ3n) is 4.78. The number of anilines is 1. The third-order valence-corrected chi connectivity index (χ3v) is 4.78. The second-order valence-corrected chi connectivity index (χ2v) is 7.32. The van der Waals surface area contributed by atoms with E-state index in [0.717, 1.165) is 4.90 Å². The molecule has 4 amide bonds. The Kier molecular flexibility index (Phi) is 5.77. The summed E-state index contributed by atoms with van der Waals surface area (Å²) in [5.74, 6) is -1.50. The summed E-state index contributed by atoms with van der Waals surface area (Å²) in [6.07, 6.45) is 0.341. The number of fused-ring (bicyclic) bond motifs is 1. The number of imide groups is 1. The van der Waals surface area contributed by atoms with Crippen LogP contribution in [0.3, 0.4) is 0 Å². The second kappa shape index (κ2) is 8.26. The molecule has 1 atom stereocenters. The van der Waals surface area contributed by atoms with E-state index in [1.807, 2.05) is 13.8 Å². The maximum atomic E-state index is 13.0. The minimum absolute atomic E-state index is 0.0886. The number of carbonyl (C=O) groups excluding carboxylic acids is 4. The molecule has 0 aliphatic carbocycles. The number of nitrogens with zero attached hydrogens (tertiary/aromatic N) is 1. The average molecular weight is 393 g/mol. The van der Waals surface area contributed by atoms with Crippen LogP contribution < -0.4 is 10.6 Å². The Hall–Kier alpha value is -3.48. The zero-order valence-corrected chi connectivity index (χ0v) is 16.6. The van der Waals surface area contributed by atoms with E-state index >= 15 is 0 Å². The van der Waals surface area contributed by atoms with Crippen molar-refractivity contribution >= 4 is 29.3 Å². The predicted octanol–water partition coefficient (Wildman–Crippen LogP) is 2.70. The minimum Gasteiger partial charge on any atom is -0.355 e. The van der Waals surface area contributed by atoms with E-state index in [0.29, 0.717) is 28.8 Å². The first-order valence-corrected chi connectivity index (χ1v) is 9.43. The SMILES string of the molecule is CNC(=O)c1ccc(NC(=O)[C@@H](CC(C)C)N2C(=O)c3ccccc3C2=O)cc1. The molecular weight excluding hydrogens is 370 g/mol. The first-order valence-electron chi connectivity index (χ1n) is 9.43. The van der Waals surface area contributed by atoms with Crippen LogP contribution in [0.1, 0.15) is 51.3 Å². The molecule has 0 saturated carbocycles. The van der Waals surface area contributed by atoms with Crippen LogP contribution in [0.2, 0.25) is 0 Å². The van der Waals surface area contributed by atoms with Gasteiger partial charge in [-0.25, -0.2) is 0 Å². The maximum Gasteiger partial charge on any atom is 0.262 e. The fourth-order valence-corrected chi connectivity index (χ4v) is 3.34. The van der Waals surface area contributed by atoms with Gasteiger partial charge in [-0.15, -0.1) is 0 Å². The van der Waals surface area contributed by atoms with Gasteiger partial charge in [-0.1, -0.05) is 26.0 Å². The summed E-state index contributed by atoms with van der Waals surface area (Å²) < 4.78 is 0. The summed E-state index contributed by atoms with van der Waals surface area (Å²) in [5.41, 5.74) is 1.57. The summed E-state index contributed by atoms with van der Waals surface area (Å²) >= 11 is 0. The number of hydrogen-bond acceptors (Lipinski definition) is 4. The van der Waals surface area contributed by atoms with Crippen molar-refractivity contribution in [3.8, 4) is 0 Å². The van der Waals surface area contributed by atoms with E-state index in [-0.39, 0.29) is 11.8 Å². The van der Waals surface area contributed by atoms with Crippen molar-refractivity contribution in [1.82, 2.24) is 10.2 Å². The lowest BCUT2D eigenvalue weighted by molar-refractivity contribution is -0.120. The molecule has 0 saturated heterocycles. The molecule has 0 bridgehead atoms. The average Bonchev–Trinajstić information content (AvgIpc) is 2.96. The standard InChI is InChI=1S/C22H23N3O4/c1-13(2)12-18(25-21(28)16-6-4-5-7-17(16)22(25)29)20(27)24-15-10-8-14(9-11-15)19(26)23-3/h4-11,13,18H,12H2,1-3H3,(H,23,26)(H,24,27)/t18-/m1/s1. The van der Waals surface area contributed by atoms with Crippen LogP contribution in [0.5, 0.6) is 0 Å². The van der Waals surface area contributed by atoms with Gasteiger partial charge in [-0.3, -0.25) is 24.1 Å². The van der Waals surface area contributed by atoms with Crippen LogP contribution in [-0.2, 0) is 4.79 Å². The molecule has 150 valence electrons. The highest BCUT2D eigenvalue weighted by Crippen LogP contribution is 2.27. The van der Waals surface area contributed by atoms with Gasteiger partial charge >= 0.3 is 0 Å². The quantitative estimate of drug-likeness (QED) is 0.738. The lowest BCUT2D eigenvalue weighted by Gasteiger charge is -2.26. The predicted molar refractivity (Wildman–Crippen MR) is 109 cm³/mol. The van der Waals surface area contributed by atoms with Crippen molar-refractivity contribution < 1.29 is 19.2 Å². The van der Waals surface area contributed by atoms with Gasteiger partial charge in [0.15, 0.2) is 0 Å². The molecule has 0 aromatic heterocycles. The Morgan fingerprint density at radius 1 is 0.931 bits per heavy atom. The van der Waals surface area contributed by atoms with Crippen LogP contribution in [0.15, 0.2) is 48.5 Å². The fourth-order valence-electron chi connectivity index (χ4n) is 3.34. The summed E-state index contributed by atoms with van der Waals surface area (Å²) in [6, 6.07) is 12.0. The summed E-state index contributed by atoms with van der Waals surface area (Å²) in [4.78, 5) is 51.4. The molecule has 0 spiro atoms. The van der Waals surface area contributed by atoms with E-state index in [4.69, 9.17) is 0 Å². The number of hydrogen-bond donors (Lipinski definition) is 2. The van der Waals surface area contributed by atoms with Crippen LogP contribution in [0, 0.1) is 5.92 Å². The molecule has 7 heteroatoms. The molecule has 0 fully saturated rings. The topological polar surface area (TPSA) is 95.6 Å². The zero-order chi connectivity index (χ0) is 21.1. The maximum absolute atomic E-state index is 13.0. The molecule has 1 aliphatic heterocycles. The highest BCUT2D eigenvalue weighted by atomic mass is 16.2. The largest absolute Gasteiger partial charge is 0.355 e. The third kappa shape index (κ3) is 4.03. The van der Waals surface area contributed by atoms with Crippen LogP contribution in [-0.4, -0.2) is 41.6 Å². The first kappa shape index (κ1) is 20.3. The molecule has 2 aromatic rings. The molecule has 2 N–H and O–H groups in total. The molecule has 1 heterocycles. The van der Waals surface area contributed by atoms with E-state index in [9.17, 15) is 19.2 Å². The van der Waals surface area contributed by atoms with Gasteiger partial charge in [-0.05, 0) is 48.7 Å². The van der Waals surface area contributed by atoms with Gasteiger partial charge in [0.1, 0.15) is 6.04 Å². The van der Waals surface area contributed by atoms with Crippen molar-refractivity contribution in [3.63, 3.8) is 0 Å². The summed E-state index contributed by atoms with van der Waals surface area (Å²) in [6.45, 7) is 3.85. The van der Waals surface area contributed by atoms with E-state index < -0.39 is 23.8 Å². The lowest BCUT2D eigenvalue weighted by atomic mass is 10.0. The van der Waals surface area contributed by atoms with Crippen molar-refractivity contribution in [1.29, 1.82) is 0 Å². The van der Waals surface area contributed by atoms with Crippen molar-refractivity contribution in [2.75, 3.05) is 12.4 Å². The number of nitrogens with one attached hydrogen (secondary N) is 2. The Bertz CT molecular complexity index is 931. The molecule has 29 heavy (non-hydrogen) atoms. The number of carbonyl (C=O) groups is 4. The highest BCUT2D eigenvalue weighted by Gasteiger charge is 2.42. The van der Waals surface area contributed by atoms with Crippen LogP contribution in [0.25, 0.3) is 0 Å².